The van der Waals surface area contributed by atoms with Gasteiger partial charge in [0.15, 0.2) is 0 Å². The van der Waals surface area contributed by atoms with Crippen LogP contribution in [0, 0.1) is 5.41 Å². The van der Waals surface area contributed by atoms with Crippen LogP contribution in [-0.2, 0) is 9.53 Å². The molecule has 0 aromatic rings. The summed E-state index contributed by atoms with van der Waals surface area (Å²) in [4.78, 5) is 11.0. The van der Waals surface area contributed by atoms with Gasteiger partial charge in [-0.25, -0.2) is 0 Å². The number of nitrogens with one attached hydrogen (secondary N) is 1. The van der Waals surface area contributed by atoms with Gasteiger partial charge in [0, 0.05) is 18.9 Å². The SMILES string of the molecule is COC1(C)NC(=O)CC1(C)C. The van der Waals surface area contributed by atoms with Gasteiger partial charge in [0.25, 0.3) is 0 Å². The summed E-state index contributed by atoms with van der Waals surface area (Å²) in [6, 6.07) is 0. The Kier molecular flexibility index (Phi) is 1.71. The van der Waals surface area contributed by atoms with Gasteiger partial charge in [0.2, 0.25) is 5.91 Å². The summed E-state index contributed by atoms with van der Waals surface area (Å²) in [5.74, 6) is 0.0688. The minimum atomic E-state index is -0.496. The fourth-order valence-electron chi connectivity index (χ4n) is 1.38. The highest BCUT2D eigenvalue weighted by atomic mass is 16.5. The van der Waals surface area contributed by atoms with Crippen molar-refractivity contribution in [2.75, 3.05) is 7.11 Å². The molecule has 1 aliphatic heterocycles. The van der Waals surface area contributed by atoms with Crippen molar-refractivity contribution in [3.8, 4) is 0 Å². The van der Waals surface area contributed by atoms with Crippen LogP contribution in [0.25, 0.3) is 0 Å². The Hall–Kier alpha value is -0.570. The van der Waals surface area contributed by atoms with Crippen LogP contribution in [0.3, 0.4) is 0 Å². The summed E-state index contributed by atoms with van der Waals surface area (Å²) in [5, 5.41) is 2.81. The zero-order valence-electron chi connectivity index (χ0n) is 7.52. The summed E-state index contributed by atoms with van der Waals surface area (Å²) in [6.07, 6.45) is 0.539. The number of rotatable bonds is 1. The molecule has 1 atom stereocenters. The first-order valence-electron chi connectivity index (χ1n) is 3.77. The molecule has 1 rings (SSSR count). The van der Waals surface area contributed by atoms with Crippen molar-refractivity contribution in [3.05, 3.63) is 0 Å². The molecule has 0 aromatic carbocycles. The Labute approximate surface area is 67.1 Å². The van der Waals surface area contributed by atoms with E-state index in [0.717, 1.165) is 0 Å². The molecule has 0 spiro atoms. The predicted octanol–water partition coefficient (Wildman–Crippen LogP) is 0.895. The van der Waals surface area contributed by atoms with E-state index in [4.69, 9.17) is 4.74 Å². The van der Waals surface area contributed by atoms with E-state index in [2.05, 4.69) is 5.32 Å². The topological polar surface area (TPSA) is 38.3 Å². The molecule has 3 heteroatoms. The molecule has 1 N–H and O–H groups in total. The molecule has 1 aliphatic rings. The van der Waals surface area contributed by atoms with Crippen molar-refractivity contribution < 1.29 is 9.53 Å². The Bertz CT molecular complexity index is 189. The second kappa shape index (κ2) is 2.21. The number of carbonyl (C=O) groups is 1. The van der Waals surface area contributed by atoms with Gasteiger partial charge in [0.1, 0.15) is 5.72 Å². The first-order valence-corrected chi connectivity index (χ1v) is 3.77. The van der Waals surface area contributed by atoms with E-state index in [0.29, 0.717) is 6.42 Å². The molecule has 1 saturated heterocycles. The lowest BCUT2D eigenvalue weighted by molar-refractivity contribution is -0.123. The molecule has 1 amide bonds. The molecule has 0 radical (unpaired) electrons. The van der Waals surface area contributed by atoms with E-state index in [1.807, 2.05) is 20.8 Å². The molecule has 3 nitrogen and oxygen atoms in total. The smallest absolute Gasteiger partial charge is 0.222 e. The van der Waals surface area contributed by atoms with Crippen LogP contribution in [-0.4, -0.2) is 18.7 Å². The first-order chi connectivity index (χ1) is 4.91. The van der Waals surface area contributed by atoms with Crippen molar-refractivity contribution in [2.45, 2.75) is 32.9 Å². The largest absolute Gasteiger partial charge is 0.359 e. The fraction of sp³-hybridized carbons (Fsp3) is 0.875. The number of hydrogen-bond acceptors (Lipinski definition) is 2. The minimum absolute atomic E-state index is 0.0688. The average molecular weight is 157 g/mol. The van der Waals surface area contributed by atoms with Crippen LogP contribution in [0.4, 0.5) is 0 Å². The van der Waals surface area contributed by atoms with E-state index < -0.39 is 5.72 Å². The molecule has 1 fully saturated rings. The monoisotopic (exact) mass is 157 g/mol. The highest BCUT2D eigenvalue weighted by Gasteiger charge is 2.49. The third kappa shape index (κ3) is 1.13. The van der Waals surface area contributed by atoms with Crippen molar-refractivity contribution in [1.29, 1.82) is 0 Å². The Balaban J connectivity index is 2.89. The number of ether oxygens (including phenoxy) is 1. The fourth-order valence-corrected chi connectivity index (χ4v) is 1.38. The van der Waals surface area contributed by atoms with E-state index in [1.165, 1.54) is 0 Å². The van der Waals surface area contributed by atoms with Crippen LogP contribution < -0.4 is 5.32 Å². The lowest BCUT2D eigenvalue weighted by atomic mass is 9.83. The third-order valence-corrected chi connectivity index (χ3v) is 2.68. The first kappa shape index (κ1) is 8.53. The molecule has 64 valence electrons. The van der Waals surface area contributed by atoms with Gasteiger partial charge in [-0.2, -0.15) is 0 Å². The maximum atomic E-state index is 11.0. The molecule has 1 heterocycles. The number of methoxy groups -OCH3 is 1. The predicted molar refractivity (Wildman–Crippen MR) is 42.0 cm³/mol. The van der Waals surface area contributed by atoms with Crippen molar-refractivity contribution in [3.63, 3.8) is 0 Å². The van der Waals surface area contributed by atoms with Crippen LogP contribution in [0.5, 0.6) is 0 Å². The van der Waals surface area contributed by atoms with Gasteiger partial charge in [-0.05, 0) is 6.92 Å². The van der Waals surface area contributed by atoms with E-state index in [1.54, 1.807) is 7.11 Å². The van der Waals surface area contributed by atoms with E-state index >= 15 is 0 Å². The number of amides is 1. The Morgan fingerprint density at radius 1 is 1.45 bits per heavy atom. The van der Waals surface area contributed by atoms with E-state index in [-0.39, 0.29) is 11.3 Å². The van der Waals surface area contributed by atoms with Gasteiger partial charge >= 0.3 is 0 Å². The molecular weight excluding hydrogens is 142 g/mol. The molecule has 0 saturated carbocycles. The summed E-state index contributed by atoms with van der Waals surface area (Å²) in [7, 11) is 1.62. The molecule has 0 bridgehead atoms. The van der Waals surface area contributed by atoms with Gasteiger partial charge in [-0.1, -0.05) is 13.8 Å². The maximum Gasteiger partial charge on any atom is 0.222 e. The third-order valence-electron chi connectivity index (χ3n) is 2.68. The van der Waals surface area contributed by atoms with Gasteiger partial charge in [-0.15, -0.1) is 0 Å². The molecular formula is C8H15NO2. The standard InChI is InChI=1S/C8H15NO2/c1-7(2)5-6(10)9-8(7,3)11-4/h5H2,1-4H3,(H,9,10). The second-order valence-electron chi connectivity index (χ2n) is 3.85. The molecule has 0 aromatic heterocycles. The van der Waals surface area contributed by atoms with Gasteiger partial charge in [-0.3, -0.25) is 4.79 Å². The van der Waals surface area contributed by atoms with Gasteiger partial charge in [0.05, 0.1) is 0 Å². The van der Waals surface area contributed by atoms with Crippen molar-refractivity contribution >= 4 is 5.91 Å². The summed E-state index contributed by atoms with van der Waals surface area (Å²) >= 11 is 0. The Morgan fingerprint density at radius 2 is 2.00 bits per heavy atom. The molecule has 11 heavy (non-hydrogen) atoms. The van der Waals surface area contributed by atoms with Crippen LogP contribution in [0.1, 0.15) is 27.2 Å². The quantitative estimate of drug-likeness (QED) is 0.614. The summed E-state index contributed by atoms with van der Waals surface area (Å²) < 4.78 is 5.25. The zero-order chi connectivity index (χ0) is 8.70. The zero-order valence-corrected chi connectivity index (χ0v) is 7.52. The number of hydrogen-bond donors (Lipinski definition) is 1. The highest BCUT2D eigenvalue weighted by molar-refractivity contribution is 5.80. The van der Waals surface area contributed by atoms with Crippen molar-refractivity contribution in [1.82, 2.24) is 5.32 Å². The van der Waals surface area contributed by atoms with Crippen molar-refractivity contribution in [2.24, 2.45) is 5.41 Å². The maximum absolute atomic E-state index is 11.0. The van der Waals surface area contributed by atoms with Gasteiger partial charge < -0.3 is 10.1 Å². The summed E-state index contributed by atoms with van der Waals surface area (Å²) in [6.45, 7) is 5.95. The highest BCUT2D eigenvalue weighted by Crippen LogP contribution is 2.39. The number of carbonyl (C=O) groups excluding carboxylic acids is 1. The van der Waals surface area contributed by atoms with Crippen LogP contribution >= 0.6 is 0 Å². The summed E-state index contributed by atoms with van der Waals surface area (Å²) in [5.41, 5.74) is -0.608. The molecule has 0 aliphatic carbocycles. The average Bonchev–Trinajstić information content (AvgIpc) is 2.03. The lowest BCUT2D eigenvalue weighted by Crippen LogP contribution is -2.48. The minimum Gasteiger partial charge on any atom is -0.359 e. The Morgan fingerprint density at radius 3 is 2.18 bits per heavy atom. The molecule has 1 unspecified atom stereocenters. The normalized spacial score (nSPS) is 35.5. The lowest BCUT2D eigenvalue weighted by Gasteiger charge is -2.35. The van der Waals surface area contributed by atoms with Crippen LogP contribution in [0.15, 0.2) is 0 Å². The van der Waals surface area contributed by atoms with Crippen LogP contribution in [0.2, 0.25) is 0 Å². The van der Waals surface area contributed by atoms with E-state index in [9.17, 15) is 4.79 Å². The second-order valence-corrected chi connectivity index (χ2v) is 3.85.